The van der Waals surface area contributed by atoms with Gasteiger partial charge >= 0.3 is 0 Å². The molecule has 0 saturated carbocycles. The summed E-state index contributed by atoms with van der Waals surface area (Å²) < 4.78 is 5.48. The number of ether oxygens (including phenoxy) is 1. The molecule has 0 spiro atoms. The van der Waals surface area contributed by atoms with E-state index in [1.54, 1.807) is 0 Å². The zero-order chi connectivity index (χ0) is 16.0. The van der Waals surface area contributed by atoms with Crippen LogP contribution >= 0.6 is 24.8 Å². The quantitative estimate of drug-likeness (QED) is 0.736. The van der Waals surface area contributed by atoms with Crippen LogP contribution in [0.25, 0.3) is 0 Å². The lowest BCUT2D eigenvalue weighted by molar-refractivity contribution is -0.123. The second-order valence-electron chi connectivity index (χ2n) is 7.30. The maximum Gasteiger partial charge on any atom is 0.220 e. The van der Waals surface area contributed by atoms with Crippen LogP contribution in [0.3, 0.4) is 0 Å². The highest BCUT2D eigenvalue weighted by Crippen LogP contribution is 2.26. The van der Waals surface area contributed by atoms with E-state index in [0.717, 1.165) is 45.7 Å². The van der Waals surface area contributed by atoms with Crippen LogP contribution in [0, 0.1) is 11.8 Å². The Labute approximate surface area is 159 Å². The monoisotopic (exact) mass is 383 g/mol. The first kappa shape index (κ1) is 23.9. The van der Waals surface area contributed by atoms with Crippen molar-refractivity contribution in [2.45, 2.75) is 44.6 Å². The van der Waals surface area contributed by atoms with Crippen LogP contribution in [0.15, 0.2) is 0 Å². The third-order valence-corrected chi connectivity index (χ3v) is 5.63. The van der Waals surface area contributed by atoms with Crippen molar-refractivity contribution in [3.05, 3.63) is 0 Å². The number of nitrogens with one attached hydrogen (secondary N) is 2. The second-order valence-corrected chi connectivity index (χ2v) is 7.30. The molecule has 1 amide bonds. The highest BCUT2D eigenvalue weighted by Gasteiger charge is 2.35. The van der Waals surface area contributed by atoms with Gasteiger partial charge in [-0.25, -0.2) is 0 Å². The first-order valence-corrected chi connectivity index (χ1v) is 8.76. The Morgan fingerprint density at radius 1 is 1.33 bits per heavy atom. The van der Waals surface area contributed by atoms with Gasteiger partial charge in [0.25, 0.3) is 0 Å². The topological polar surface area (TPSA) is 53.6 Å². The summed E-state index contributed by atoms with van der Waals surface area (Å²) in [5, 5.41) is 6.63. The summed E-state index contributed by atoms with van der Waals surface area (Å²) >= 11 is 0. The van der Waals surface area contributed by atoms with Crippen molar-refractivity contribution < 1.29 is 9.53 Å². The summed E-state index contributed by atoms with van der Waals surface area (Å²) in [7, 11) is 4.21. The number of hydrogen-bond acceptors (Lipinski definition) is 4. The van der Waals surface area contributed by atoms with Crippen LogP contribution in [0.5, 0.6) is 0 Å². The molecule has 7 heteroatoms. The Balaban J connectivity index is 0.00000264. The maximum absolute atomic E-state index is 12.3. The van der Waals surface area contributed by atoms with Gasteiger partial charge in [0.1, 0.15) is 0 Å². The van der Waals surface area contributed by atoms with E-state index in [1.807, 2.05) is 0 Å². The highest BCUT2D eigenvalue weighted by atomic mass is 35.5. The molecule has 2 rings (SSSR count). The molecule has 0 aromatic carbocycles. The van der Waals surface area contributed by atoms with E-state index in [9.17, 15) is 4.79 Å². The average molecular weight is 384 g/mol. The van der Waals surface area contributed by atoms with Gasteiger partial charge in [-0.15, -0.1) is 24.8 Å². The molecule has 5 nitrogen and oxygen atoms in total. The minimum atomic E-state index is 0. The Kier molecular flexibility index (Phi) is 11.5. The lowest BCUT2D eigenvalue weighted by Gasteiger charge is -2.43. The summed E-state index contributed by atoms with van der Waals surface area (Å²) in [6, 6.07) is 0. The number of nitrogens with zero attached hydrogens (tertiary/aromatic N) is 1. The van der Waals surface area contributed by atoms with E-state index < -0.39 is 0 Å². The van der Waals surface area contributed by atoms with Crippen LogP contribution in [-0.4, -0.2) is 63.3 Å². The SMILES string of the molecule is CC(CC(=O)NCC1(N(C)C)CCOCC1)C1CCCNC1.Cl.Cl. The number of carbonyl (C=O) groups is 1. The summed E-state index contributed by atoms with van der Waals surface area (Å²) in [6.07, 6.45) is 5.11. The van der Waals surface area contributed by atoms with E-state index in [4.69, 9.17) is 4.74 Å². The van der Waals surface area contributed by atoms with Gasteiger partial charge in [-0.2, -0.15) is 0 Å². The van der Waals surface area contributed by atoms with E-state index >= 15 is 0 Å². The minimum absolute atomic E-state index is 0. The molecular formula is C17H35Cl2N3O2. The Morgan fingerprint density at radius 2 is 2.00 bits per heavy atom. The van der Waals surface area contributed by atoms with E-state index in [0.29, 0.717) is 18.3 Å². The van der Waals surface area contributed by atoms with E-state index in [1.165, 1.54) is 12.8 Å². The Bertz CT molecular complexity index is 358. The maximum atomic E-state index is 12.3. The van der Waals surface area contributed by atoms with Crippen molar-refractivity contribution in [1.29, 1.82) is 0 Å². The van der Waals surface area contributed by atoms with Crippen molar-refractivity contribution in [1.82, 2.24) is 15.5 Å². The normalized spacial score (nSPS) is 24.4. The van der Waals surface area contributed by atoms with Crippen LogP contribution in [0.1, 0.15) is 39.0 Å². The molecule has 2 aliphatic heterocycles. The molecule has 0 aromatic rings. The summed E-state index contributed by atoms with van der Waals surface area (Å²) in [5.74, 6) is 1.30. The smallest absolute Gasteiger partial charge is 0.220 e. The Hall–Kier alpha value is -0.0700. The van der Waals surface area contributed by atoms with Crippen LogP contribution in [0.2, 0.25) is 0 Å². The number of halogens is 2. The summed E-state index contributed by atoms with van der Waals surface area (Å²) in [6.45, 7) is 6.72. The third-order valence-electron chi connectivity index (χ3n) is 5.63. The Morgan fingerprint density at radius 3 is 2.54 bits per heavy atom. The molecule has 2 aliphatic rings. The standard InChI is InChI=1S/C17H33N3O2.2ClH/c1-14(15-5-4-8-18-12-15)11-16(21)19-13-17(20(2)3)6-9-22-10-7-17;;/h14-15,18H,4-13H2,1-3H3,(H,19,21);2*1H. The lowest BCUT2D eigenvalue weighted by atomic mass is 9.85. The van der Waals surface area contributed by atoms with Gasteiger partial charge in [0.05, 0.1) is 0 Å². The third kappa shape index (κ3) is 6.68. The molecular weight excluding hydrogens is 349 g/mol. The van der Waals surface area contributed by atoms with Gasteiger partial charge in [0.2, 0.25) is 5.91 Å². The van der Waals surface area contributed by atoms with Crippen LogP contribution in [-0.2, 0) is 9.53 Å². The molecule has 2 atom stereocenters. The summed E-state index contributed by atoms with van der Waals surface area (Å²) in [4.78, 5) is 14.6. The van der Waals surface area contributed by atoms with Crippen LogP contribution < -0.4 is 10.6 Å². The van der Waals surface area contributed by atoms with Gasteiger partial charge in [-0.1, -0.05) is 6.92 Å². The van der Waals surface area contributed by atoms with Crippen molar-refractivity contribution in [3.63, 3.8) is 0 Å². The van der Waals surface area contributed by atoms with Crippen LogP contribution in [0.4, 0.5) is 0 Å². The van der Waals surface area contributed by atoms with Gasteiger partial charge in [-0.05, 0) is 64.7 Å². The highest BCUT2D eigenvalue weighted by molar-refractivity contribution is 5.85. The predicted molar refractivity (Wildman–Crippen MR) is 103 cm³/mol. The number of amides is 1. The predicted octanol–water partition coefficient (Wildman–Crippen LogP) is 2.08. The second kappa shape index (κ2) is 11.5. The number of piperidine rings is 1. The van der Waals surface area contributed by atoms with Crippen molar-refractivity contribution in [3.8, 4) is 0 Å². The molecule has 2 N–H and O–H groups in total. The lowest BCUT2D eigenvalue weighted by Crippen LogP contribution is -2.55. The molecule has 2 heterocycles. The number of rotatable bonds is 6. The zero-order valence-corrected chi connectivity index (χ0v) is 16.9. The molecule has 2 fully saturated rings. The number of likely N-dealkylation sites (N-methyl/N-ethyl adjacent to an activating group) is 1. The first-order valence-electron chi connectivity index (χ1n) is 8.76. The average Bonchev–Trinajstić information content (AvgIpc) is 2.54. The fraction of sp³-hybridized carbons (Fsp3) is 0.941. The minimum Gasteiger partial charge on any atom is -0.381 e. The molecule has 2 unspecified atom stereocenters. The molecule has 2 saturated heterocycles. The van der Waals surface area contributed by atoms with E-state index in [-0.39, 0.29) is 36.3 Å². The van der Waals surface area contributed by atoms with Gasteiger partial charge in [0.15, 0.2) is 0 Å². The van der Waals surface area contributed by atoms with Crippen molar-refractivity contribution >= 4 is 30.7 Å². The largest absolute Gasteiger partial charge is 0.381 e. The molecule has 144 valence electrons. The molecule has 0 aliphatic carbocycles. The molecule has 0 aromatic heterocycles. The molecule has 24 heavy (non-hydrogen) atoms. The fourth-order valence-electron chi connectivity index (χ4n) is 3.69. The number of hydrogen-bond donors (Lipinski definition) is 2. The van der Waals surface area contributed by atoms with Gasteiger partial charge < -0.3 is 20.3 Å². The summed E-state index contributed by atoms with van der Waals surface area (Å²) in [5.41, 5.74) is 0.0591. The van der Waals surface area contributed by atoms with Gasteiger partial charge in [-0.3, -0.25) is 4.79 Å². The zero-order valence-electron chi connectivity index (χ0n) is 15.3. The van der Waals surface area contributed by atoms with E-state index in [2.05, 4.69) is 36.6 Å². The van der Waals surface area contributed by atoms with Crippen molar-refractivity contribution in [2.75, 3.05) is 46.9 Å². The number of carbonyl (C=O) groups excluding carboxylic acids is 1. The molecule has 0 radical (unpaired) electrons. The van der Waals surface area contributed by atoms with Crippen molar-refractivity contribution in [2.24, 2.45) is 11.8 Å². The van der Waals surface area contributed by atoms with Gasteiger partial charge in [0, 0.05) is 31.7 Å². The fourth-order valence-corrected chi connectivity index (χ4v) is 3.69. The first-order chi connectivity index (χ1) is 10.5. The molecule has 0 bridgehead atoms.